The van der Waals surface area contributed by atoms with Crippen LogP contribution in [0.1, 0.15) is 27.6 Å². The topological polar surface area (TPSA) is 125 Å². The Balaban J connectivity index is 4.14. The summed E-state index contributed by atoms with van der Waals surface area (Å²) in [4.78, 5) is 44.0. The molecule has 318 valence electrons. The summed E-state index contributed by atoms with van der Waals surface area (Å²) < 4.78 is 35.0. The number of hydrogen-bond acceptors (Lipinski definition) is 8. The molecule has 0 aliphatic heterocycles. The van der Waals surface area contributed by atoms with Crippen LogP contribution in [0.5, 0.6) is 0 Å². The van der Waals surface area contributed by atoms with Crippen molar-refractivity contribution in [1.82, 2.24) is 10.6 Å². The Bertz CT molecular complexity index is 1380. The van der Waals surface area contributed by atoms with Crippen molar-refractivity contribution in [3.8, 4) is 0 Å². The summed E-state index contributed by atoms with van der Waals surface area (Å²) in [5, 5.41) is 6.44. The molecule has 0 fully saturated rings. The van der Waals surface area contributed by atoms with E-state index in [1.807, 2.05) is 4.57 Å². The second kappa shape index (κ2) is 21.1. The first-order valence-electron chi connectivity index (χ1n) is 18.8. The Morgan fingerprint density at radius 1 is 0.527 bits per heavy atom. The van der Waals surface area contributed by atoms with E-state index in [0.29, 0.717) is 54.0 Å². The summed E-state index contributed by atoms with van der Waals surface area (Å²) in [6.07, 6.45) is -0.720. The third kappa shape index (κ3) is 19.9. The van der Waals surface area contributed by atoms with Crippen LogP contribution < -0.4 is 15.2 Å². The van der Waals surface area contributed by atoms with Crippen LogP contribution in [0.2, 0.25) is 118 Å². The molecule has 0 saturated carbocycles. The minimum Gasteiger partial charge on any atom is -0.415 e. The average molecular weight is 1210 g/mol. The minimum absolute atomic E-state index is 0.189. The zero-order valence-electron chi connectivity index (χ0n) is 36.9. The quantitative estimate of drug-likeness (QED) is 0.0923. The lowest BCUT2D eigenvalue weighted by Crippen LogP contribution is -2.56. The molecule has 1 unspecified atom stereocenters. The van der Waals surface area contributed by atoms with E-state index in [0.717, 1.165) is 0 Å². The minimum atomic E-state index is -2.54. The number of benzene rings is 1. The highest BCUT2D eigenvalue weighted by Gasteiger charge is 2.41. The molecule has 55 heavy (non-hydrogen) atoms. The zero-order chi connectivity index (χ0) is 43.3. The molecular formula is C35H70I3N3O8Si6. The molecule has 0 spiro atoms. The maximum Gasteiger partial charge on any atom is 0.253 e. The number of carbonyl (C=O) groups is 3. The van der Waals surface area contributed by atoms with Crippen LogP contribution in [0.25, 0.3) is 0 Å². The summed E-state index contributed by atoms with van der Waals surface area (Å²) >= 11 is 6.50. The SMILES string of the molecule is CC(O[Si](C)(C)C)C(=O)N(c1c(I)c(C(=O)NC(CO[Si](C)(C)C)CO[Si](C)(C)C)c(I)c(C(=O)NC(CO[Si](C)(C)C)CO[Si](C)(C)C)c1I)[Si](C)(C)C. The summed E-state index contributed by atoms with van der Waals surface area (Å²) in [5.41, 5.74) is 1.21. The number of amides is 3. The van der Waals surface area contributed by atoms with Gasteiger partial charge in [-0.3, -0.25) is 14.4 Å². The first kappa shape index (κ1) is 53.9. The Kier molecular flexibility index (Phi) is 20.7. The van der Waals surface area contributed by atoms with Crippen molar-refractivity contribution in [1.29, 1.82) is 0 Å². The number of hydrogen-bond donors (Lipinski definition) is 2. The summed E-state index contributed by atoms with van der Waals surface area (Å²) in [6, 6.07) is -0.862. The first-order valence-corrected chi connectivity index (χ1v) is 42.6. The predicted octanol–water partition coefficient (Wildman–Crippen LogP) is 9.51. The van der Waals surface area contributed by atoms with Gasteiger partial charge in [-0.05, 0) is 173 Å². The van der Waals surface area contributed by atoms with Crippen molar-refractivity contribution in [2.45, 2.75) is 143 Å². The molecule has 0 heterocycles. The molecular weight excluding hydrogens is 1140 g/mol. The molecule has 0 aromatic heterocycles. The monoisotopic (exact) mass is 1210 g/mol. The maximum absolute atomic E-state index is 14.7. The van der Waals surface area contributed by atoms with E-state index in [2.05, 4.69) is 196 Å². The van der Waals surface area contributed by atoms with Crippen LogP contribution in [-0.2, 0) is 26.9 Å². The van der Waals surface area contributed by atoms with Gasteiger partial charge in [-0.2, -0.15) is 0 Å². The molecule has 0 bridgehead atoms. The van der Waals surface area contributed by atoms with E-state index in [1.54, 1.807) is 6.92 Å². The molecule has 2 N–H and O–H groups in total. The average Bonchev–Trinajstić information content (AvgIpc) is 2.94. The third-order valence-electron chi connectivity index (χ3n) is 7.28. The van der Waals surface area contributed by atoms with Crippen molar-refractivity contribution in [3.05, 3.63) is 21.8 Å². The Morgan fingerprint density at radius 3 is 1.05 bits per heavy atom. The van der Waals surface area contributed by atoms with Gasteiger partial charge in [0.2, 0.25) is 5.91 Å². The van der Waals surface area contributed by atoms with E-state index in [-0.39, 0.29) is 17.7 Å². The van der Waals surface area contributed by atoms with E-state index in [1.165, 1.54) is 0 Å². The molecule has 20 heteroatoms. The summed E-state index contributed by atoms with van der Waals surface area (Å²) in [6.45, 7) is 40.7. The normalized spacial score (nSPS) is 14.0. The van der Waals surface area contributed by atoms with Crippen LogP contribution in [0.4, 0.5) is 5.69 Å². The van der Waals surface area contributed by atoms with E-state index in [4.69, 9.17) is 22.1 Å². The van der Waals surface area contributed by atoms with Crippen molar-refractivity contribution in [2.24, 2.45) is 0 Å². The fourth-order valence-electron chi connectivity index (χ4n) is 4.97. The van der Waals surface area contributed by atoms with Gasteiger partial charge in [-0.15, -0.1) is 0 Å². The van der Waals surface area contributed by atoms with Gasteiger partial charge >= 0.3 is 0 Å². The van der Waals surface area contributed by atoms with Crippen molar-refractivity contribution in [2.75, 3.05) is 31.0 Å². The summed E-state index contributed by atoms with van der Waals surface area (Å²) in [5.74, 6) is -0.913. The van der Waals surface area contributed by atoms with E-state index < -0.39 is 68.0 Å². The van der Waals surface area contributed by atoms with Crippen LogP contribution in [-0.4, -0.2) is 112 Å². The highest BCUT2D eigenvalue weighted by atomic mass is 127. The largest absolute Gasteiger partial charge is 0.415 e. The molecule has 3 amide bonds. The lowest BCUT2D eigenvalue weighted by Gasteiger charge is -2.39. The van der Waals surface area contributed by atoms with Gasteiger partial charge in [0, 0.05) is 3.57 Å². The predicted molar refractivity (Wildman–Crippen MR) is 269 cm³/mol. The van der Waals surface area contributed by atoms with E-state index in [9.17, 15) is 14.4 Å². The van der Waals surface area contributed by atoms with Gasteiger partial charge in [-0.25, -0.2) is 0 Å². The zero-order valence-corrected chi connectivity index (χ0v) is 49.4. The fourth-order valence-corrected chi connectivity index (χ4v) is 15.8. The molecule has 0 saturated heterocycles. The summed E-state index contributed by atoms with van der Waals surface area (Å²) in [7, 11) is -12.4. The molecule has 0 aliphatic rings. The molecule has 0 radical (unpaired) electrons. The molecule has 1 atom stereocenters. The first-order chi connectivity index (χ1) is 24.4. The smallest absolute Gasteiger partial charge is 0.253 e. The molecule has 1 aromatic rings. The number of nitrogens with zero attached hydrogens (tertiary/aromatic N) is 1. The van der Waals surface area contributed by atoms with Gasteiger partial charge in [0.1, 0.15) is 6.10 Å². The fraction of sp³-hybridized carbons (Fsp3) is 0.743. The van der Waals surface area contributed by atoms with Gasteiger partial charge in [0.05, 0.1) is 62.5 Å². The lowest BCUT2D eigenvalue weighted by atomic mass is 10.1. The second-order valence-electron chi connectivity index (χ2n) is 19.8. The van der Waals surface area contributed by atoms with Crippen LogP contribution in [0, 0.1) is 10.7 Å². The highest BCUT2D eigenvalue weighted by molar-refractivity contribution is 14.1. The van der Waals surface area contributed by atoms with Crippen LogP contribution >= 0.6 is 67.8 Å². The van der Waals surface area contributed by atoms with E-state index >= 15 is 0 Å². The Morgan fingerprint density at radius 2 is 0.818 bits per heavy atom. The number of anilines is 1. The van der Waals surface area contributed by atoms with Gasteiger partial charge < -0.3 is 37.3 Å². The standard InChI is InChI=1S/C35H70I3N3O8Si6/c1-24(49-55(17,18)19)35(44)41(50(2,3)4)32-30(37)27(33(42)39-25(20-45-51(5,6)7)21-46-52(8,9)10)29(36)28(31(32)38)34(43)40-26(22-47-53(11,12)13)23-48-54(14,15)16/h24-26H,20-23H2,1-19H3,(H,39,42)(H,40,43). The third-order valence-corrected chi connectivity index (χ3v) is 17.4. The van der Waals surface area contributed by atoms with Crippen molar-refractivity contribution < 1.29 is 36.5 Å². The number of halogens is 3. The number of carbonyl (C=O) groups excluding carboxylic acids is 3. The molecule has 1 rings (SSSR count). The van der Waals surface area contributed by atoms with Gasteiger partial charge in [0.15, 0.2) is 49.8 Å². The molecule has 11 nitrogen and oxygen atoms in total. The van der Waals surface area contributed by atoms with Crippen LogP contribution in [0.3, 0.4) is 0 Å². The number of nitrogens with one attached hydrogen (secondary N) is 2. The van der Waals surface area contributed by atoms with Crippen LogP contribution in [0.15, 0.2) is 0 Å². The Labute approximate surface area is 380 Å². The lowest BCUT2D eigenvalue weighted by molar-refractivity contribution is -0.123. The van der Waals surface area contributed by atoms with Gasteiger partial charge in [0.25, 0.3) is 11.8 Å². The maximum atomic E-state index is 14.7. The van der Waals surface area contributed by atoms with Gasteiger partial charge in [-0.1, -0.05) is 19.6 Å². The van der Waals surface area contributed by atoms with Crippen molar-refractivity contribution in [3.63, 3.8) is 0 Å². The molecule has 1 aromatic carbocycles. The Hall–Kier alpha value is 0.921. The second-order valence-corrected chi connectivity index (χ2v) is 50.3. The number of rotatable bonds is 21. The highest BCUT2D eigenvalue weighted by Crippen LogP contribution is 2.40. The van der Waals surface area contributed by atoms with Crippen molar-refractivity contribution >= 4 is 141 Å². The molecule has 0 aliphatic carbocycles.